The molecule has 2 rings (SSSR count). The summed E-state index contributed by atoms with van der Waals surface area (Å²) in [6, 6.07) is 4.56. The van der Waals surface area contributed by atoms with Crippen LogP contribution in [0.25, 0.3) is 0 Å². The first-order chi connectivity index (χ1) is 10.7. The van der Waals surface area contributed by atoms with Crippen LogP contribution < -0.4 is 10.0 Å². The van der Waals surface area contributed by atoms with Gasteiger partial charge in [-0.2, -0.15) is 8.42 Å². The Morgan fingerprint density at radius 2 is 1.96 bits per heavy atom. The molecule has 23 heavy (non-hydrogen) atoms. The van der Waals surface area contributed by atoms with E-state index >= 15 is 0 Å². The second kappa shape index (κ2) is 7.00. The minimum Gasteiger partial charge on any atom is -0.300 e. The van der Waals surface area contributed by atoms with Crippen LogP contribution in [-0.2, 0) is 14.8 Å². The molecule has 1 aromatic carbocycles. The largest absolute Gasteiger partial charge is 0.300 e. The smallest absolute Gasteiger partial charge is 0.291 e. The zero-order valence-electron chi connectivity index (χ0n) is 12.0. The van der Waals surface area contributed by atoms with Crippen molar-refractivity contribution in [2.75, 3.05) is 10.0 Å². The fourth-order valence-corrected chi connectivity index (χ4v) is 3.77. The average Bonchev–Trinajstić information content (AvgIpc) is 2.93. The molecule has 0 unspecified atom stereocenters. The van der Waals surface area contributed by atoms with Gasteiger partial charge in [-0.1, -0.05) is 54.5 Å². The number of nitrogens with one attached hydrogen (secondary N) is 2. The number of hydrogen-bond donors (Lipinski definition) is 2. The maximum absolute atomic E-state index is 12.3. The fourth-order valence-electron chi connectivity index (χ4n) is 1.39. The second-order valence-corrected chi connectivity index (χ2v) is 8.34. The van der Waals surface area contributed by atoms with E-state index < -0.39 is 10.0 Å². The van der Waals surface area contributed by atoms with Gasteiger partial charge >= 0.3 is 0 Å². The first-order valence-electron chi connectivity index (χ1n) is 6.32. The predicted molar refractivity (Wildman–Crippen MR) is 90.6 cm³/mol. The van der Waals surface area contributed by atoms with Crippen molar-refractivity contribution in [3.63, 3.8) is 0 Å². The summed E-state index contributed by atoms with van der Waals surface area (Å²) in [5.74, 6) is -0.543. The summed E-state index contributed by atoms with van der Waals surface area (Å²) < 4.78 is 26.5. The predicted octanol–water partition coefficient (Wildman–Crippen LogP) is 3.24. The number of carbonyl (C=O) groups is 1. The Hall–Kier alpha value is -1.42. The second-order valence-electron chi connectivity index (χ2n) is 4.72. The van der Waals surface area contributed by atoms with E-state index in [1.54, 1.807) is 19.9 Å². The zero-order valence-corrected chi connectivity index (χ0v) is 15.1. The molecule has 1 amide bonds. The molecule has 1 heterocycles. The molecule has 124 valence electrons. The summed E-state index contributed by atoms with van der Waals surface area (Å²) >= 11 is 12.5. The van der Waals surface area contributed by atoms with Crippen LogP contribution in [0.2, 0.25) is 10.0 Å². The third-order valence-corrected chi connectivity index (χ3v) is 5.98. The van der Waals surface area contributed by atoms with E-state index in [0.29, 0.717) is 0 Å². The molecular weight excluding hydrogens is 383 g/mol. The number of halogens is 2. The van der Waals surface area contributed by atoms with Crippen LogP contribution in [0.5, 0.6) is 0 Å². The van der Waals surface area contributed by atoms with Gasteiger partial charge in [0.15, 0.2) is 0 Å². The number of amides is 1. The molecule has 0 bridgehead atoms. The minimum atomic E-state index is -3.99. The van der Waals surface area contributed by atoms with Crippen molar-refractivity contribution in [2.45, 2.75) is 18.2 Å². The molecule has 1 aromatic heterocycles. The number of carbonyl (C=O) groups excluding carboxylic acids is 1. The number of hydrogen-bond acceptors (Lipinski definition) is 6. The van der Waals surface area contributed by atoms with Crippen LogP contribution >= 0.6 is 34.5 Å². The molecule has 0 fully saturated rings. The highest BCUT2D eigenvalue weighted by atomic mass is 35.5. The quantitative estimate of drug-likeness (QED) is 0.757. The lowest BCUT2D eigenvalue weighted by atomic mass is 10.2. The van der Waals surface area contributed by atoms with Gasteiger partial charge in [0.2, 0.25) is 11.0 Å². The van der Waals surface area contributed by atoms with Crippen LogP contribution in [0.4, 0.5) is 10.8 Å². The third-order valence-electron chi connectivity index (χ3n) is 2.59. The van der Waals surface area contributed by atoms with Crippen LogP contribution in [0.3, 0.4) is 0 Å². The lowest BCUT2D eigenvalue weighted by Gasteiger charge is -2.07. The third kappa shape index (κ3) is 4.31. The van der Waals surface area contributed by atoms with Crippen LogP contribution in [0.15, 0.2) is 22.5 Å². The topological polar surface area (TPSA) is 101 Å². The van der Waals surface area contributed by atoms with Gasteiger partial charge in [-0.25, -0.2) is 0 Å². The van der Waals surface area contributed by atoms with Gasteiger partial charge in [0.05, 0.1) is 15.7 Å². The van der Waals surface area contributed by atoms with Crippen molar-refractivity contribution in [3.8, 4) is 0 Å². The van der Waals surface area contributed by atoms with Crippen molar-refractivity contribution >= 4 is 61.3 Å². The monoisotopic (exact) mass is 394 g/mol. The van der Waals surface area contributed by atoms with Crippen LogP contribution in [-0.4, -0.2) is 24.5 Å². The number of benzene rings is 1. The van der Waals surface area contributed by atoms with Crippen molar-refractivity contribution in [2.24, 2.45) is 5.92 Å². The van der Waals surface area contributed by atoms with E-state index in [0.717, 1.165) is 11.3 Å². The Morgan fingerprint density at radius 3 is 2.61 bits per heavy atom. The van der Waals surface area contributed by atoms with Gasteiger partial charge < -0.3 is 5.32 Å². The van der Waals surface area contributed by atoms with Gasteiger partial charge in [-0.15, -0.1) is 10.2 Å². The molecule has 0 saturated carbocycles. The average molecular weight is 395 g/mol. The summed E-state index contributed by atoms with van der Waals surface area (Å²) in [7, 11) is -3.99. The first-order valence-corrected chi connectivity index (χ1v) is 9.37. The van der Waals surface area contributed by atoms with Crippen molar-refractivity contribution in [1.82, 2.24) is 10.2 Å². The molecule has 0 aliphatic carbocycles. The van der Waals surface area contributed by atoms with Gasteiger partial charge in [-0.05, 0) is 12.1 Å². The first kappa shape index (κ1) is 17.9. The number of anilines is 2. The molecule has 7 nitrogen and oxygen atoms in total. The fraction of sp³-hybridized carbons (Fsp3) is 0.250. The number of nitrogens with zero attached hydrogens (tertiary/aromatic N) is 2. The Balaban J connectivity index is 2.22. The highest BCUT2D eigenvalue weighted by molar-refractivity contribution is 7.94. The number of rotatable bonds is 5. The molecule has 0 atom stereocenters. The summed E-state index contributed by atoms with van der Waals surface area (Å²) in [4.78, 5) is 11.6. The van der Waals surface area contributed by atoms with E-state index in [4.69, 9.17) is 23.2 Å². The summed E-state index contributed by atoms with van der Waals surface area (Å²) in [5.41, 5.74) is 0.127. The number of sulfonamides is 1. The van der Waals surface area contributed by atoms with E-state index in [1.165, 1.54) is 12.1 Å². The zero-order chi connectivity index (χ0) is 17.2. The Bertz CT molecular complexity index is 837. The van der Waals surface area contributed by atoms with Gasteiger partial charge in [-0.3, -0.25) is 9.52 Å². The highest BCUT2D eigenvalue weighted by Gasteiger charge is 2.22. The molecule has 0 spiro atoms. The Morgan fingerprint density at radius 1 is 1.26 bits per heavy atom. The van der Waals surface area contributed by atoms with Gasteiger partial charge in [0.25, 0.3) is 14.4 Å². The lowest BCUT2D eigenvalue weighted by molar-refractivity contribution is -0.118. The van der Waals surface area contributed by atoms with Crippen molar-refractivity contribution < 1.29 is 13.2 Å². The molecular formula is C12H12Cl2N4O3S2. The molecule has 0 aliphatic heterocycles. The van der Waals surface area contributed by atoms with E-state index in [-0.39, 0.29) is 37.0 Å². The molecule has 2 N–H and O–H groups in total. The van der Waals surface area contributed by atoms with Crippen LogP contribution in [0, 0.1) is 5.92 Å². The van der Waals surface area contributed by atoms with Crippen molar-refractivity contribution in [1.29, 1.82) is 0 Å². The normalized spacial score (nSPS) is 11.5. The summed E-state index contributed by atoms with van der Waals surface area (Å²) in [6.07, 6.45) is 0. The minimum absolute atomic E-state index is 0.0793. The van der Waals surface area contributed by atoms with Crippen molar-refractivity contribution in [3.05, 3.63) is 28.2 Å². The maximum atomic E-state index is 12.3. The van der Waals surface area contributed by atoms with Crippen LogP contribution in [0.1, 0.15) is 13.8 Å². The van der Waals surface area contributed by atoms with E-state index in [1.807, 2.05) is 0 Å². The SMILES string of the molecule is CC(C)C(=O)Nc1nnc(S(=O)(=O)Nc2cccc(Cl)c2Cl)s1. The molecule has 0 saturated heterocycles. The van der Waals surface area contributed by atoms with Gasteiger partial charge in [0, 0.05) is 5.92 Å². The summed E-state index contributed by atoms with van der Waals surface area (Å²) in [6.45, 7) is 3.41. The highest BCUT2D eigenvalue weighted by Crippen LogP contribution is 2.31. The van der Waals surface area contributed by atoms with E-state index in [2.05, 4.69) is 20.2 Å². The van der Waals surface area contributed by atoms with Gasteiger partial charge in [0.1, 0.15) is 0 Å². The molecule has 0 radical (unpaired) electrons. The summed E-state index contributed by atoms with van der Waals surface area (Å²) in [5, 5.41) is 10.1. The molecule has 11 heteroatoms. The molecule has 2 aromatic rings. The maximum Gasteiger partial charge on any atom is 0.291 e. The van der Waals surface area contributed by atoms with E-state index in [9.17, 15) is 13.2 Å². The lowest BCUT2D eigenvalue weighted by Crippen LogP contribution is -2.17. The Labute approximate surface area is 147 Å². The Kier molecular flexibility index (Phi) is 5.45. The number of aromatic nitrogens is 2. The molecule has 0 aliphatic rings. The standard InChI is InChI=1S/C12H12Cl2N4O3S2/c1-6(2)10(19)15-11-16-17-12(22-11)23(20,21)18-8-5-3-4-7(13)9(8)14/h3-6,18H,1-2H3,(H,15,16,19).